The molecule has 0 saturated carbocycles. The van der Waals surface area contributed by atoms with E-state index in [1.165, 1.54) is 6.07 Å². The van der Waals surface area contributed by atoms with Crippen molar-refractivity contribution in [3.63, 3.8) is 0 Å². The third-order valence-corrected chi connectivity index (χ3v) is 3.45. The summed E-state index contributed by atoms with van der Waals surface area (Å²) in [6.07, 6.45) is 1.16. The standard InChI is InChI=1S/C13H18N2O2/c1-9(2)10-6-7-15(8-10)12-5-3-4-11(14-12)13(16)17/h3-5,9-10H,6-8H2,1-2H3,(H,16,17). The van der Waals surface area contributed by atoms with Gasteiger partial charge in [-0.2, -0.15) is 0 Å². The van der Waals surface area contributed by atoms with E-state index < -0.39 is 5.97 Å². The number of hydrogen-bond donors (Lipinski definition) is 1. The second-order valence-electron chi connectivity index (χ2n) is 4.92. The van der Waals surface area contributed by atoms with Gasteiger partial charge in [-0.1, -0.05) is 19.9 Å². The molecule has 1 aromatic heterocycles. The number of aromatic nitrogens is 1. The molecule has 0 aliphatic carbocycles. The molecule has 4 nitrogen and oxygen atoms in total. The molecule has 92 valence electrons. The zero-order chi connectivity index (χ0) is 12.4. The van der Waals surface area contributed by atoms with E-state index >= 15 is 0 Å². The van der Waals surface area contributed by atoms with E-state index in [1.54, 1.807) is 6.07 Å². The van der Waals surface area contributed by atoms with Crippen LogP contribution < -0.4 is 4.90 Å². The summed E-state index contributed by atoms with van der Waals surface area (Å²) >= 11 is 0. The smallest absolute Gasteiger partial charge is 0.354 e. The number of carboxylic acid groups (broad SMARTS) is 1. The minimum atomic E-state index is -0.966. The second kappa shape index (κ2) is 4.73. The number of pyridine rings is 1. The van der Waals surface area contributed by atoms with Gasteiger partial charge in [0.1, 0.15) is 5.82 Å². The van der Waals surface area contributed by atoms with Gasteiger partial charge in [0.25, 0.3) is 0 Å². The lowest BCUT2D eigenvalue weighted by molar-refractivity contribution is 0.0690. The van der Waals surface area contributed by atoms with Gasteiger partial charge in [-0.3, -0.25) is 0 Å². The van der Waals surface area contributed by atoms with Crippen LogP contribution in [-0.4, -0.2) is 29.1 Å². The Bertz CT molecular complexity index is 418. The Labute approximate surface area is 101 Å². The summed E-state index contributed by atoms with van der Waals surface area (Å²) in [5.41, 5.74) is 0.121. The van der Waals surface area contributed by atoms with Crippen molar-refractivity contribution in [2.75, 3.05) is 18.0 Å². The van der Waals surface area contributed by atoms with Gasteiger partial charge in [-0.15, -0.1) is 0 Å². The van der Waals surface area contributed by atoms with E-state index in [4.69, 9.17) is 5.11 Å². The molecule has 2 rings (SSSR count). The molecule has 0 spiro atoms. The highest BCUT2D eigenvalue weighted by Gasteiger charge is 2.25. The van der Waals surface area contributed by atoms with E-state index in [0.717, 1.165) is 25.3 Å². The van der Waals surface area contributed by atoms with Crippen molar-refractivity contribution < 1.29 is 9.90 Å². The van der Waals surface area contributed by atoms with Crippen molar-refractivity contribution in [1.82, 2.24) is 4.98 Å². The van der Waals surface area contributed by atoms with Gasteiger partial charge in [-0.25, -0.2) is 9.78 Å². The van der Waals surface area contributed by atoms with Gasteiger partial charge in [0, 0.05) is 13.1 Å². The van der Waals surface area contributed by atoms with Crippen LogP contribution in [0, 0.1) is 11.8 Å². The van der Waals surface area contributed by atoms with Crippen LogP contribution in [0.2, 0.25) is 0 Å². The van der Waals surface area contributed by atoms with Crippen molar-refractivity contribution in [3.05, 3.63) is 23.9 Å². The molecule has 1 aliphatic heterocycles. The molecule has 0 amide bonds. The number of aromatic carboxylic acids is 1. The average molecular weight is 234 g/mol. The predicted octanol–water partition coefficient (Wildman–Crippen LogP) is 2.26. The Hall–Kier alpha value is -1.58. The summed E-state index contributed by atoms with van der Waals surface area (Å²) in [6, 6.07) is 5.17. The van der Waals surface area contributed by atoms with Crippen LogP contribution in [0.1, 0.15) is 30.8 Å². The van der Waals surface area contributed by atoms with E-state index in [2.05, 4.69) is 23.7 Å². The first kappa shape index (κ1) is 11.9. The lowest BCUT2D eigenvalue weighted by Crippen LogP contribution is -2.22. The molecule has 1 fully saturated rings. The summed E-state index contributed by atoms with van der Waals surface area (Å²) < 4.78 is 0. The topological polar surface area (TPSA) is 53.4 Å². The van der Waals surface area contributed by atoms with Crippen LogP contribution in [0.5, 0.6) is 0 Å². The van der Waals surface area contributed by atoms with E-state index in [9.17, 15) is 4.79 Å². The van der Waals surface area contributed by atoms with Gasteiger partial charge in [0.2, 0.25) is 0 Å². The highest BCUT2D eigenvalue weighted by Crippen LogP contribution is 2.27. The van der Waals surface area contributed by atoms with Crippen molar-refractivity contribution in [3.8, 4) is 0 Å². The summed E-state index contributed by atoms with van der Waals surface area (Å²) in [6.45, 7) is 6.41. The normalized spacial score (nSPS) is 19.9. The quantitative estimate of drug-likeness (QED) is 0.871. The molecule has 1 N–H and O–H groups in total. The van der Waals surface area contributed by atoms with E-state index in [-0.39, 0.29) is 5.69 Å². The van der Waals surface area contributed by atoms with Gasteiger partial charge in [0.15, 0.2) is 5.69 Å². The van der Waals surface area contributed by atoms with Crippen molar-refractivity contribution in [2.24, 2.45) is 11.8 Å². The van der Waals surface area contributed by atoms with Gasteiger partial charge < -0.3 is 10.0 Å². The number of hydrogen-bond acceptors (Lipinski definition) is 3. The highest BCUT2D eigenvalue weighted by molar-refractivity contribution is 5.85. The van der Waals surface area contributed by atoms with Crippen LogP contribution in [0.15, 0.2) is 18.2 Å². The summed E-state index contributed by atoms with van der Waals surface area (Å²) in [4.78, 5) is 17.2. The van der Waals surface area contributed by atoms with Crippen LogP contribution in [0.3, 0.4) is 0 Å². The zero-order valence-corrected chi connectivity index (χ0v) is 10.3. The SMILES string of the molecule is CC(C)C1CCN(c2cccc(C(=O)O)n2)C1. The van der Waals surface area contributed by atoms with Gasteiger partial charge in [0.05, 0.1) is 0 Å². The minimum absolute atomic E-state index is 0.121. The molecule has 0 bridgehead atoms. The molecule has 1 saturated heterocycles. The molecule has 1 aliphatic rings. The van der Waals surface area contributed by atoms with Crippen molar-refractivity contribution in [1.29, 1.82) is 0 Å². The fourth-order valence-corrected chi connectivity index (χ4v) is 2.26. The molecule has 0 aromatic carbocycles. The summed E-state index contributed by atoms with van der Waals surface area (Å²) in [7, 11) is 0. The molecule has 4 heteroatoms. The largest absolute Gasteiger partial charge is 0.477 e. The summed E-state index contributed by atoms with van der Waals surface area (Å²) in [5.74, 6) is 1.17. The molecular weight excluding hydrogens is 216 g/mol. The maximum atomic E-state index is 10.9. The fourth-order valence-electron chi connectivity index (χ4n) is 2.26. The predicted molar refractivity (Wildman–Crippen MR) is 66.4 cm³/mol. The van der Waals surface area contributed by atoms with Crippen LogP contribution >= 0.6 is 0 Å². The molecule has 1 aromatic rings. The maximum absolute atomic E-state index is 10.9. The Morgan fingerprint density at radius 3 is 2.88 bits per heavy atom. The first-order valence-corrected chi connectivity index (χ1v) is 6.03. The number of carbonyl (C=O) groups is 1. The highest BCUT2D eigenvalue weighted by atomic mass is 16.4. The van der Waals surface area contributed by atoms with Crippen LogP contribution in [0.25, 0.3) is 0 Å². The van der Waals surface area contributed by atoms with Gasteiger partial charge >= 0.3 is 5.97 Å². The van der Waals surface area contributed by atoms with Crippen LogP contribution in [-0.2, 0) is 0 Å². The minimum Gasteiger partial charge on any atom is -0.477 e. The van der Waals surface area contributed by atoms with Crippen LogP contribution in [0.4, 0.5) is 5.82 Å². The maximum Gasteiger partial charge on any atom is 0.354 e. The molecule has 1 atom stereocenters. The Morgan fingerprint density at radius 2 is 2.29 bits per heavy atom. The monoisotopic (exact) mass is 234 g/mol. The zero-order valence-electron chi connectivity index (χ0n) is 10.3. The Balaban J connectivity index is 2.13. The Morgan fingerprint density at radius 1 is 1.53 bits per heavy atom. The lowest BCUT2D eigenvalue weighted by Gasteiger charge is -2.19. The third kappa shape index (κ3) is 2.57. The number of nitrogens with zero attached hydrogens (tertiary/aromatic N) is 2. The number of rotatable bonds is 3. The number of carboxylic acids is 1. The van der Waals surface area contributed by atoms with Crippen molar-refractivity contribution >= 4 is 11.8 Å². The van der Waals surface area contributed by atoms with Gasteiger partial charge in [-0.05, 0) is 30.4 Å². The van der Waals surface area contributed by atoms with Crippen molar-refractivity contribution in [2.45, 2.75) is 20.3 Å². The fraction of sp³-hybridized carbons (Fsp3) is 0.538. The lowest BCUT2D eigenvalue weighted by atomic mass is 9.95. The first-order valence-electron chi connectivity index (χ1n) is 6.03. The van der Waals surface area contributed by atoms with E-state index in [1.807, 2.05) is 6.07 Å². The number of anilines is 1. The summed E-state index contributed by atoms with van der Waals surface area (Å²) in [5, 5.41) is 8.91. The first-order chi connectivity index (χ1) is 8.08. The second-order valence-corrected chi connectivity index (χ2v) is 4.92. The molecule has 2 heterocycles. The molecular formula is C13H18N2O2. The third-order valence-electron chi connectivity index (χ3n) is 3.45. The Kier molecular flexibility index (Phi) is 3.31. The average Bonchev–Trinajstić information content (AvgIpc) is 2.78. The van der Waals surface area contributed by atoms with E-state index in [0.29, 0.717) is 11.8 Å². The molecule has 0 radical (unpaired) electrons. The molecule has 1 unspecified atom stereocenters. The molecule has 17 heavy (non-hydrogen) atoms.